The summed E-state index contributed by atoms with van der Waals surface area (Å²) in [6.45, 7) is 4.43. The number of hydrogen-bond donors (Lipinski definition) is 1. The lowest BCUT2D eigenvalue weighted by atomic mass is 10.2. The summed E-state index contributed by atoms with van der Waals surface area (Å²) in [4.78, 5) is 13.4. The van der Waals surface area contributed by atoms with Crippen molar-refractivity contribution in [1.82, 2.24) is 10.2 Å². The van der Waals surface area contributed by atoms with Gasteiger partial charge < -0.3 is 15.0 Å². The molecule has 1 N–H and O–H groups in total. The van der Waals surface area contributed by atoms with Gasteiger partial charge in [0, 0.05) is 20.2 Å². The van der Waals surface area contributed by atoms with Gasteiger partial charge in [0.05, 0.1) is 12.6 Å². The highest BCUT2D eigenvalue weighted by molar-refractivity contribution is 5.74. The Balaban J connectivity index is 2.14. The average molecular weight is 214 g/mol. The summed E-state index contributed by atoms with van der Waals surface area (Å²) < 4.78 is 5.20. The molecule has 88 valence electrons. The molecule has 4 heteroatoms. The van der Waals surface area contributed by atoms with Crippen molar-refractivity contribution in [2.24, 2.45) is 0 Å². The van der Waals surface area contributed by atoms with Crippen LogP contribution in [0.5, 0.6) is 0 Å². The Kier molecular flexibility index (Phi) is 5.47. The fourth-order valence-electron chi connectivity index (χ4n) is 1.63. The highest BCUT2D eigenvalue weighted by Crippen LogP contribution is 2.04. The van der Waals surface area contributed by atoms with Crippen LogP contribution in [-0.4, -0.2) is 43.8 Å². The molecule has 4 nitrogen and oxygen atoms in total. The summed E-state index contributed by atoms with van der Waals surface area (Å²) >= 11 is 0. The summed E-state index contributed by atoms with van der Waals surface area (Å²) in [5, 5.41) is 2.97. The first-order chi connectivity index (χ1) is 7.24. The molecule has 15 heavy (non-hydrogen) atoms. The Morgan fingerprint density at radius 3 is 2.93 bits per heavy atom. The Morgan fingerprint density at radius 1 is 1.53 bits per heavy atom. The third-order valence-corrected chi connectivity index (χ3v) is 2.70. The van der Waals surface area contributed by atoms with Crippen LogP contribution in [0.3, 0.4) is 0 Å². The van der Waals surface area contributed by atoms with Gasteiger partial charge in [-0.1, -0.05) is 19.8 Å². The second-order valence-electron chi connectivity index (χ2n) is 4.14. The van der Waals surface area contributed by atoms with Crippen LogP contribution in [0.25, 0.3) is 0 Å². The molecule has 1 atom stereocenters. The topological polar surface area (TPSA) is 41.6 Å². The van der Waals surface area contributed by atoms with Crippen LogP contribution >= 0.6 is 0 Å². The van der Waals surface area contributed by atoms with E-state index >= 15 is 0 Å². The molecular weight excluding hydrogens is 192 g/mol. The van der Waals surface area contributed by atoms with E-state index in [1.165, 1.54) is 12.8 Å². The molecule has 1 saturated heterocycles. The lowest BCUT2D eigenvalue weighted by molar-refractivity contribution is 0.182. The standard InChI is InChI=1S/C11H22N2O2/c1-3-4-5-7-13(2)11(14)12-10-6-8-15-9-10/h10H,3-9H2,1-2H3,(H,12,14). The molecular formula is C11H22N2O2. The van der Waals surface area contributed by atoms with Gasteiger partial charge in [0.2, 0.25) is 0 Å². The zero-order valence-corrected chi connectivity index (χ0v) is 9.79. The minimum absolute atomic E-state index is 0.0293. The zero-order chi connectivity index (χ0) is 11.1. The lowest BCUT2D eigenvalue weighted by Crippen LogP contribution is -2.43. The molecule has 0 aromatic rings. The van der Waals surface area contributed by atoms with Crippen molar-refractivity contribution in [1.29, 1.82) is 0 Å². The van der Waals surface area contributed by atoms with Crippen LogP contribution in [0, 0.1) is 0 Å². The van der Waals surface area contributed by atoms with Crippen molar-refractivity contribution < 1.29 is 9.53 Å². The van der Waals surface area contributed by atoms with Crippen LogP contribution in [0.1, 0.15) is 32.6 Å². The first-order valence-electron chi connectivity index (χ1n) is 5.83. The Labute approximate surface area is 92.0 Å². The number of carbonyl (C=O) groups excluding carboxylic acids is 1. The number of amides is 2. The molecule has 1 aliphatic heterocycles. The largest absolute Gasteiger partial charge is 0.379 e. The molecule has 0 spiro atoms. The van der Waals surface area contributed by atoms with Gasteiger partial charge in [0.15, 0.2) is 0 Å². The van der Waals surface area contributed by atoms with E-state index in [0.29, 0.717) is 6.61 Å². The smallest absolute Gasteiger partial charge is 0.317 e. The van der Waals surface area contributed by atoms with Gasteiger partial charge in [-0.15, -0.1) is 0 Å². The number of carbonyl (C=O) groups is 1. The number of nitrogens with one attached hydrogen (secondary N) is 1. The number of ether oxygens (including phenoxy) is 1. The van der Waals surface area contributed by atoms with E-state index in [4.69, 9.17) is 4.74 Å². The molecule has 0 radical (unpaired) electrons. The summed E-state index contributed by atoms with van der Waals surface area (Å²) in [6.07, 6.45) is 4.40. The maximum atomic E-state index is 11.7. The van der Waals surface area contributed by atoms with Crippen LogP contribution < -0.4 is 5.32 Å². The van der Waals surface area contributed by atoms with Crippen molar-refractivity contribution >= 4 is 6.03 Å². The Hall–Kier alpha value is -0.770. The third kappa shape index (κ3) is 4.51. The average Bonchev–Trinajstić information content (AvgIpc) is 2.70. The van der Waals surface area contributed by atoms with E-state index in [-0.39, 0.29) is 12.1 Å². The monoisotopic (exact) mass is 214 g/mol. The third-order valence-electron chi connectivity index (χ3n) is 2.70. The minimum atomic E-state index is 0.0293. The maximum absolute atomic E-state index is 11.7. The molecule has 0 aliphatic carbocycles. The van der Waals surface area contributed by atoms with Gasteiger partial charge in [-0.3, -0.25) is 0 Å². The predicted molar refractivity (Wildman–Crippen MR) is 59.9 cm³/mol. The Morgan fingerprint density at radius 2 is 2.33 bits per heavy atom. The van der Waals surface area contributed by atoms with Crippen molar-refractivity contribution in [2.75, 3.05) is 26.8 Å². The normalized spacial score (nSPS) is 20.3. The molecule has 1 fully saturated rings. The van der Waals surface area contributed by atoms with Crippen molar-refractivity contribution in [3.8, 4) is 0 Å². The van der Waals surface area contributed by atoms with Gasteiger partial charge in [0.1, 0.15) is 0 Å². The van der Waals surface area contributed by atoms with Crippen LogP contribution in [0.2, 0.25) is 0 Å². The van der Waals surface area contributed by atoms with Gasteiger partial charge in [0.25, 0.3) is 0 Å². The predicted octanol–water partition coefficient (Wildman–Crippen LogP) is 1.61. The summed E-state index contributed by atoms with van der Waals surface area (Å²) in [5.74, 6) is 0. The fraction of sp³-hybridized carbons (Fsp3) is 0.909. The number of unbranched alkanes of at least 4 members (excludes halogenated alkanes) is 2. The van der Waals surface area contributed by atoms with Crippen LogP contribution in [0.15, 0.2) is 0 Å². The van der Waals surface area contributed by atoms with Crippen molar-refractivity contribution in [3.05, 3.63) is 0 Å². The second kappa shape index (κ2) is 6.67. The molecule has 2 amide bonds. The van der Waals surface area contributed by atoms with Crippen molar-refractivity contribution in [3.63, 3.8) is 0 Å². The summed E-state index contributed by atoms with van der Waals surface area (Å²) in [5.41, 5.74) is 0. The van der Waals surface area contributed by atoms with E-state index < -0.39 is 0 Å². The second-order valence-corrected chi connectivity index (χ2v) is 4.14. The van der Waals surface area contributed by atoms with Gasteiger partial charge in [-0.2, -0.15) is 0 Å². The number of urea groups is 1. The first kappa shape index (κ1) is 12.3. The highest BCUT2D eigenvalue weighted by Gasteiger charge is 2.19. The van der Waals surface area contributed by atoms with E-state index in [1.807, 2.05) is 7.05 Å². The minimum Gasteiger partial charge on any atom is -0.379 e. The molecule has 0 saturated carbocycles. The zero-order valence-electron chi connectivity index (χ0n) is 9.79. The molecule has 0 aromatic carbocycles. The number of hydrogen-bond acceptors (Lipinski definition) is 2. The first-order valence-corrected chi connectivity index (χ1v) is 5.83. The van der Waals surface area contributed by atoms with E-state index in [9.17, 15) is 4.79 Å². The number of nitrogens with zero attached hydrogens (tertiary/aromatic N) is 1. The fourth-order valence-corrected chi connectivity index (χ4v) is 1.63. The van der Waals surface area contributed by atoms with Crippen LogP contribution in [-0.2, 0) is 4.74 Å². The summed E-state index contributed by atoms with van der Waals surface area (Å²) in [7, 11) is 1.85. The number of rotatable bonds is 5. The van der Waals surface area contributed by atoms with Gasteiger partial charge >= 0.3 is 6.03 Å². The maximum Gasteiger partial charge on any atom is 0.317 e. The molecule has 1 aliphatic rings. The quantitative estimate of drug-likeness (QED) is 0.706. The molecule has 1 heterocycles. The van der Waals surface area contributed by atoms with Gasteiger partial charge in [-0.25, -0.2) is 4.79 Å². The van der Waals surface area contributed by atoms with E-state index in [0.717, 1.165) is 26.0 Å². The van der Waals surface area contributed by atoms with E-state index in [1.54, 1.807) is 4.90 Å². The lowest BCUT2D eigenvalue weighted by Gasteiger charge is -2.20. The van der Waals surface area contributed by atoms with Crippen molar-refractivity contribution in [2.45, 2.75) is 38.6 Å². The van der Waals surface area contributed by atoms with Gasteiger partial charge in [-0.05, 0) is 12.8 Å². The SMILES string of the molecule is CCCCCN(C)C(=O)NC1CCOC1. The summed E-state index contributed by atoms with van der Waals surface area (Å²) in [6, 6.07) is 0.243. The van der Waals surface area contributed by atoms with E-state index in [2.05, 4.69) is 12.2 Å². The molecule has 0 bridgehead atoms. The molecule has 1 unspecified atom stereocenters. The Bertz CT molecular complexity index is 191. The molecule has 0 aromatic heterocycles. The highest BCUT2D eigenvalue weighted by atomic mass is 16.5. The van der Waals surface area contributed by atoms with Crippen LogP contribution in [0.4, 0.5) is 4.79 Å². The molecule has 1 rings (SSSR count).